The Morgan fingerprint density at radius 3 is 2.60 bits per heavy atom. The minimum absolute atomic E-state index is 0.157. The molecule has 1 fully saturated rings. The fourth-order valence-corrected chi connectivity index (χ4v) is 1.74. The Hall–Kier alpha value is -1.10. The molecular weight excluding hydrogens is 196 g/mol. The van der Waals surface area contributed by atoms with Crippen molar-refractivity contribution in [3.05, 3.63) is 0 Å². The van der Waals surface area contributed by atoms with Gasteiger partial charge in [-0.25, -0.2) is 4.79 Å². The second kappa shape index (κ2) is 4.18. The summed E-state index contributed by atoms with van der Waals surface area (Å²) in [6.45, 7) is 4.24. The molecule has 0 aromatic rings. The molecule has 0 radical (unpaired) electrons. The molecule has 86 valence electrons. The topological polar surface area (TPSA) is 83.6 Å². The van der Waals surface area contributed by atoms with E-state index < -0.39 is 17.4 Å². The van der Waals surface area contributed by atoms with E-state index in [9.17, 15) is 9.59 Å². The molecule has 1 aliphatic heterocycles. The molecule has 5 nitrogen and oxygen atoms in total. The molecule has 0 aromatic carbocycles. The highest BCUT2D eigenvalue weighted by Crippen LogP contribution is 2.25. The van der Waals surface area contributed by atoms with Gasteiger partial charge in [-0.15, -0.1) is 0 Å². The lowest BCUT2D eigenvalue weighted by Crippen LogP contribution is -2.49. The van der Waals surface area contributed by atoms with Crippen molar-refractivity contribution >= 4 is 11.9 Å². The van der Waals surface area contributed by atoms with Gasteiger partial charge in [-0.2, -0.15) is 0 Å². The van der Waals surface area contributed by atoms with Gasteiger partial charge in [0.2, 0.25) is 5.91 Å². The minimum atomic E-state index is -0.923. The molecule has 0 bridgehead atoms. The van der Waals surface area contributed by atoms with Gasteiger partial charge in [0.15, 0.2) is 0 Å². The van der Waals surface area contributed by atoms with Gasteiger partial charge in [-0.05, 0) is 26.7 Å². The number of carbonyl (C=O) groups is 2. The molecule has 0 aliphatic carbocycles. The highest BCUT2D eigenvalue weighted by molar-refractivity contribution is 5.87. The second-order valence-electron chi connectivity index (χ2n) is 4.58. The number of nitrogens with two attached hydrogens (primary N) is 1. The van der Waals surface area contributed by atoms with Crippen LogP contribution >= 0.6 is 0 Å². The molecule has 1 saturated heterocycles. The molecule has 0 spiro atoms. The fourth-order valence-electron chi connectivity index (χ4n) is 1.74. The smallest absolute Gasteiger partial charge is 0.326 e. The number of carboxylic acid groups (broad SMARTS) is 1. The van der Waals surface area contributed by atoms with Crippen LogP contribution in [0.25, 0.3) is 0 Å². The Kier molecular flexibility index (Phi) is 3.34. The Bertz CT molecular complexity index is 276. The van der Waals surface area contributed by atoms with E-state index in [4.69, 9.17) is 10.8 Å². The first kappa shape index (κ1) is 12.0. The van der Waals surface area contributed by atoms with Gasteiger partial charge in [0.05, 0.1) is 5.41 Å². The van der Waals surface area contributed by atoms with E-state index in [0.29, 0.717) is 13.0 Å². The Morgan fingerprint density at radius 2 is 2.13 bits per heavy atom. The second-order valence-corrected chi connectivity index (χ2v) is 4.58. The normalized spacial score (nSPS) is 21.8. The van der Waals surface area contributed by atoms with Gasteiger partial charge >= 0.3 is 5.97 Å². The first-order valence-corrected chi connectivity index (χ1v) is 5.14. The molecule has 1 amide bonds. The van der Waals surface area contributed by atoms with Crippen molar-refractivity contribution in [2.24, 2.45) is 11.1 Å². The summed E-state index contributed by atoms with van der Waals surface area (Å²) in [6, 6.07) is -0.664. The summed E-state index contributed by atoms with van der Waals surface area (Å²) in [4.78, 5) is 24.3. The van der Waals surface area contributed by atoms with Gasteiger partial charge in [0.25, 0.3) is 0 Å². The molecule has 1 heterocycles. The van der Waals surface area contributed by atoms with E-state index >= 15 is 0 Å². The molecule has 1 atom stereocenters. The van der Waals surface area contributed by atoms with E-state index in [1.807, 2.05) is 0 Å². The van der Waals surface area contributed by atoms with Crippen molar-refractivity contribution in [2.75, 3.05) is 13.1 Å². The quantitative estimate of drug-likeness (QED) is 0.695. The average Bonchev–Trinajstić information content (AvgIpc) is 2.64. The third kappa shape index (κ3) is 2.28. The monoisotopic (exact) mass is 214 g/mol. The molecule has 0 saturated carbocycles. The van der Waals surface area contributed by atoms with Crippen molar-refractivity contribution in [2.45, 2.75) is 32.7 Å². The number of carboxylic acids is 1. The van der Waals surface area contributed by atoms with Crippen LogP contribution < -0.4 is 5.73 Å². The van der Waals surface area contributed by atoms with Crippen molar-refractivity contribution < 1.29 is 14.7 Å². The van der Waals surface area contributed by atoms with E-state index in [2.05, 4.69) is 0 Å². The van der Waals surface area contributed by atoms with Crippen LogP contribution in [0.4, 0.5) is 0 Å². The summed E-state index contributed by atoms with van der Waals surface area (Å²) in [5.41, 5.74) is 4.83. The van der Waals surface area contributed by atoms with E-state index in [0.717, 1.165) is 6.42 Å². The first-order valence-electron chi connectivity index (χ1n) is 5.14. The number of amides is 1. The maximum Gasteiger partial charge on any atom is 0.326 e. The zero-order valence-electron chi connectivity index (χ0n) is 9.19. The predicted molar refractivity (Wildman–Crippen MR) is 55.2 cm³/mol. The number of hydrogen-bond acceptors (Lipinski definition) is 3. The highest BCUT2D eigenvalue weighted by Gasteiger charge is 2.39. The predicted octanol–water partition coefficient (Wildman–Crippen LogP) is 0.0469. The van der Waals surface area contributed by atoms with E-state index in [1.165, 1.54) is 4.90 Å². The highest BCUT2D eigenvalue weighted by atomic mass is 16.4. The largest absolute Gasteiger partial charge is 0.480 e. The molecule has 5 heteroatoms. The number of hydrogen-bond donors (Lipinski definition) is 2. The molecule has 3 N–H and O–H groups in total. The Balaban J connectivity index is 2.79. The first-order chi connectivity index (χ1) is 6.90. The van der Waals surface area contributed by atoms with Gasteiger partial charge in [0.1, 0.15) is 6.04 Å². The zero-order chi connectivity index (χ0) is 11.6. The van der Waals surface area contributed by atoms with E-state index in [-0.39, 0.29) is 12.5 Å². The SMILES string of the molecule is CC(C)(CN)C(=O)N1CCCC1C(=O)O. The van der Waals surface area contributed by atoms with Crippen LogP contribution in [-0.4, -0.2) is 41.0 Å². The van der Waals surface area contributed by atoms with Gasteiger partial charge in [0, 0.05) is 13.1 Å². The third-order valence-corrected chi connectivity index (χ3v) is 2.89. The van der Waals surface area contributed by atoms with Crippen molar-refractivity contribution in [3.63, 3.8) is 0 Å². The number of nitrogens with zero attached hydrogens (tertiary/aromatic N) is 1. The molecule has 1 unspecified atom stereocenters. The lowest BCUT2D eigenvalue weighted by Gasteiger charge is -2.30. The zero-order valence-corrected chi connectivity index (χ0v) is 9.19. The van der Waals surface area contributed by atoms with Crippen molar-refractivity contribution in [1.29, 1.82) is 0 Å². The molecule has 0 aromatic heterocycles. The van der Waals surface area contributed by atoms with Crippen LogP contribution in [0.1, 0.15) is 26.7 Å². The van der Waals surface area contributed by atoms with Crippen molar-refractivity contribution in [3.8, 4) is 0 Å². The summed E-state index contributed by atoms with van der Waals surface area (Å²) < 4.78 is 0. The summed E-state index contributed by atoms with van der Waals surface area (Å²) >= 11 is 0. The Morgan fingerprint density at radius 1 is 1.53 bits per heavy atom. The summed E-state index contributed by atoms with van der Waals surface area (Å²) in [6.07, 6.45) is 1.30. The molecular formula is C10H18N2O3. The van der Waals surface area contributed by atoms with Crippen LogP contribution in [0.3, 0.4) is 0 Å². The molecule has 1 aliphatic rings. The number of rotatable bonds is 3. The average molecular weight is 214 g/mol. The third-order valence-electron chi connectivity index (χ3n) is 2.89. The number of aliphatic carboxylic acids is 1. The van der Waals surface area contributed by atoms with Crippen LogP contribution in [0.15, 0.2) is 0 Å². The fraction of sp³-hybridized carbons (Fsp3) is 0.800. The van der Waals surface area contributed by atoms with Gasteiger partial charge in [-0.1, -0.05) is 0 Å². The molecule has 15 heavy (non-hydrogen) atoms. The van der Waals surface area contributed by atoms with Crippen LogP contribution in [0, 0.1) is 5.41 Å². The van der Waals surface area contributed by atoms with Crippen molar-refractivity contribution in [1.82, 2.24) is 4.90 Å². The molecule has 1 rings (SSSR count). The lowest BCUT2D eigenvalue weighted by atomic mass is 9.91. The summed E-state index contributed by atoms with van der Waals surface area (Å²) in [7, 11) is 0. The lowest BCUT2D eigenvalue weighted by molar-refractivity contribution is -0.151. The van der Waals surface area contributed by atoms with Gasteiger partial charge < -0.3 is 15.7 Å². The maximum atomic E-state index is 12.0. The van der Waals surface area contributed by atoms with Crippen LogP contribution in [0.5, 0.6) is 0 Å². The minimum Gasteiger partial charge on any atom is -0.480 e. The number of likely N-dealkylation sites (tertiary alicyclic amines) is 1. The standard InChI is InChI=1S/C10H18N2O3/c1-10(2,6-11)9(15)12-5-3-4-7(12)8(13)14/h7H,3-6,11H2,1-2H3,(H,13,14). The maximum absolute atomic E-state index is 12.0. The summed E-state index contributed by atoms with van der Waals surface area (Å²) in [5, 5.41) is 8.95. The number of carbonyl (C=O) groups excluding carboxylic acids is 1. The van der Waals surface area contributed by atoms with Gasteiger partial charge in [-0.3, -0.25) is 4.79 Å². The van der Waals surface area contributed by atoms with Crippen LogP contribution in [-0.2, 0) is 9.59 Å². The van der Waals surface area contributed by atoms with Crippen LogP contribution in [0.2, 0.25) is 0 Å². The Labute approximate surface area is 89.2 Å². The summed E-state index contributed by atoms with van der Waals surface area (Å²) in [5.74, 6) is -1.08. The van der Waals surface area contributed by atoms with E-state index in [1.54, 1.807) is 13.8 Å².